The van der Waals surface area contributed by atoms with E-state index in [-0.39, 0.29) is 11.6 Å². The van der Waals surface area contributed by atoms with Gasteiger partial charge in [0.05, 0.1) is 37.6 Å². The number of carbonyl (C=O) groups excluding carboxylic acids is 1. The Morgan fingerprint density at radius 3 is 2.62 bits per heavy atom. The Balaban J connectivity index is 1.73. The fourth-order valence-corrected chi connectivity index (χ4v) is 5.18. The fourth-order valence-electron chi connectivity index (χ4n) is 3.84. The number of hydrogen-bond donors (Lipinski definition) is 1. The number of benzene rings is 2. The van der Waals surface area contributed by atoms with E-state index in [1.165, 1.54) is 30.4 Å². The summed E-state index contributed by atoms with van der Waals surface area (Å²) in [5.41, 5.74) is 5.07. The number of anilines is 1. The van der Waals surface area contributed by atoms with Gasteiger partial charge in [-0.2, -0.15) is 5.10 Å². The van der Waals surface area contributed by atoms with Crippen LogP contribution in [0.4, 0.5) is 10.8 Å². The third kappa shape index (κ3) is 3.45. The van der Waals surface area contributed by atoms with Gasteiger partial charge < -0.3 is 5.32 Å². The van der Waals surface area contributed by atoms with E-state index in [2.05, 4.69) is 10.3 Å². The number of nitrogens with one attached hydrogen (secondary N) is 1. The van der Waals surface area contributed by atoms with Gasteiger partial charge in [0.25, 0.3) is 5.69 Å². The summed E-state index contributed by atoms with van der Waals surface area (Å²) in [6, 6.07) is 13.8. The highest BCUT2D eigenvalue weighted by Crippen LogP contribution is 2.44. The molecule has 160 valence electrons. The molecule has 1 aliphatic carbocycles. The Hall–Kier alpha value is -3.56. The number of non-ortho nitro benzene ring substituents is 1. The molecule has 0 saturated carbocycles. The highest BCUT2D eigenvalue weighted by molar-refractivity contribution is 7.19. The number of thiazole rings is 1. The van der Waals surface area contributed by atoms with Gasteiger partial charge in [-0.3, -0.25) is 14.9 Å². The number of nitrogens with zero attached hydrogens (tertiary/aromatic N) is 4. The van der Waals surface area contributed by atoms with Crippen LogP contribution in [0.25, 0.3) is 27.5 Å². The fraction of sp³-hybridized carbons (Fsp3) is 0.136. The molecule has 2 aromatic carbocycles. The summed E-state index contributed by atoms with van der Waals surface area (Å²) in [5.74, 6) is -0.178. The van der Waals surface area contributed by atoms with E-state index in [1.807, 2.05) is 22.9 Å². The van der Waals surface area contributed by atoms with Crippen LogP contribution in [0, 0.1) is 10.1 Å². The van der Waals surface area contributed by atoms with Crippen LogP contribution < -0.4 is 5.32 Å². The lowest BCUT2D eigenvalue weighted by atomic mass is 9.95. The van der Waals surface area contributed by atoms with Crippen molar-refractivity contribution in [3.8, 4) is 27.5 Å². The molecular formula is C22H16ClN5O3S. The molecular weight excluding hydrogens is 450 g/mol. The topological polar surface area (TPSA) is 103 Å². The molecule has 1 N–H and O–H groups in total. The van der Waals surface area contributed by atoms with Gasteiger partial charge in [0.15, 0.2) is 5.13 Å². The smallest absolute Gasteiger partial charge is 0.269 e. The zero-order valence-electron chi connectivity index (χ0n) is 16.8. The molecule has 0 aliphatic heterocycles. The van der Waals surface area contributed by atoms with Gasteiger partial charge >= 0.3 is 0 Å². The van der Waals surface area contributed by atoms with Gasteiger partial charge in [-0.25, -0.2) is 9.67 Å². The average Bonchev–Trinajstić information content (AvgIpc) is 3.34. The number of carbonyl (C=O) groups is 1. The van der Waals surface area contributed by atoms with Crippen LogP contribution in [-0.4, -0.2) is 25.6 Å². The van der Waals surface area contributed by atoms with Gasteiger partial charge in [0.2, 0.25) is 5.91 Å². The number of nitro groups is 1. The quantitative estimate of drug-likeness (QED) is 0.326. The molecule has 10 heteroatoms. The predicted octanol–water partition coefficient (Wildman–Crippen LogP) is 5.28. The van der Waals surface area contributed by atoms with Crippen molar-refractivity contribution in [2.75, 3.05) is 5.32 Å². The van der Waals surface area contributed by atoms with Crippen molar-refractivity contribution in [2.45, 2.75) is 19.8 Å². The maximum absolute atomic E-state index is 11.5. The predicted molar refractivity (Wildman–Crippen MR) is 123 cm³/mol. The minimum atomic E-state index is -0.422. The van der Waals surface area contributed by atoms with Crippen LogP contribution in [0.2, 0.25) is 5.02 Å². The van der Waals surface area contributed by atoms with E-state index >= 15 is 0 Å². The molecule has 2 aromatic heterocycles. The Morgan fingerprint density at radius 2 is 1.94 bits per heavy atom. The minimum Gasteiger partial charge on any atom is -0.302 e. The van der Waals surface area contributed by atoms with Gasteiger partial charge in [-0.15, -0.1) is 0 Å². The van der Waals surface area contributed by atoms with Crippen molar-refractivity contribution in [1.82, 2.24) is 14.8 Å². The van der Waals surface area contributed by atoms with Crippen molar-refractivity contribution < 1.29 is 9.72 Å². The van der Waals surface area contributed by atoms with E-state index < -0.39 is 4.92 Å². The molecule has 1 aliphatic rings. The van der Waals surface area contributed by atoms with Gasteiger partial charge in [0.1, 0.15) is 0 Å². The van der Waals surface area contributed by atoms with Gasteiger partial charge in [-0.1, -0.05) is 35.1 Å². The van der Waals surface area contributed by atoms with E-state index in [0.29, 0.717) is 23.0 Å². The van der Waals surface area contributed by atoms with E-state index in [0.717, 1.165) is 38.8 Å². The van der Waals surface area contributed by atoms with Crippen molar-refractivity contribution >= 4 is 39.7 Å². The Kier molecular flexibility index (Phi) is 4.99. The molecule has 4 aromatic rings. The van der Waals surface area contributed by atoms with Crippen molar-refractivity contribution in [2.24, 2.45) is 0 Å². The second kappa shape index (κ2) is 7.85. The molecule has 0 atom stereocenters. The lowest BCUT2D eigenvalue weighted by Crippen LogP contribution is -2.07. The number of fused-ring (bicyclic) bond motifs is 3. The molecule has 1 amide bonds. The lowest BCUT2D eigenvalue weighted by molar-refractivity contribution is -0.384. The van der Waals surface area contributed by atoms with E-state index in [4.69, 9.17) is 16.7 Å². The first-order valence-electron chi connectivity index (χ1n) is 9.81. The van der Waals surface area contributed by atoms with Gasteiger partial charge in [0, 0.05) is 30.2 Å². The summed E-state index contributed by atoms with van der Waals surface area (Å²) >= 11 is 7.91. The standard InChI is InChI=1S/C22H16ClN5O3S/c1-12(29)24-22-25-17-11-10-15-19(13-6-8-14(9-7-13)28(30)31)26-27(20(15)21(17)32-22)18-5-3-2-4-16(18)23/h2-9H,10-11H2,1H3,(H,24,25,29). The average molecular weight is 466 g/mol. The molecule has 0 saturated heterocycles. The van der Waals surface area contributed by atoms with Crippen LogP contribution in [0.1, 0.15) is 18.2 Å². The third-order valence-electron chi connectivity index (χ3n) is 5.22. The number of aryl methyl sites for hydroxylation is 1. The molecule has 0 radical (unpaired) electrons. The molecule has 0 unspecified atom stereocenters. The molecule has 5 rings (SSSR count). The number of hydrogen-bond acceptors (Lipinski definition) is 6. The number of nitro benzene ring substituents is 1. The Labute approximate surface area is 191 Å². The van der Waals surface area contributed by atoms with Crippen molar-refractivity contribution in [3.63, 3.8) is 0 Å². The Morgan fingerprint density at radius 1 is 1.19 bits per heavy atom. The zero-order chi connectivity index (χ0) is 22.4. The van der Waals surface area contributed by atoms with Crippen LogP contribution in [0.3, 0.4) is 0 Å². The number of rotatable bonds is 4. The minimum absolute atomic E-state index is 0.0258. The van der Waals surface area contributed by atoms with Crippen LogP contribution in [0.5, 0.6) is 0 Å². The maximum Gasteiger partial charge on any atom is 0.269 e. The van der Waals surface area contributed by atoms with Crippen molar-refractivity contribution in [3.05, 3.63) is 74.9 Å². The largest absolute Gasteiger partial charge is 0.302 e. The second-order valence-electron chi connectivity index (χ2n) is 7.32. The molecule has 32 heavy (non-hydrogen) atoms. The molecule has 2 heterocycles. The lowest BCUT2D eigenvalue weighted by Gasteiger charge is -2.14. The highest BCUT2D eigenvalue weighted by Gasteiger charge is 2.30. The zero-order valence-corrected chi connectivity index (χ0v) is 18.4. The number of aromatic nitrogens is 3. The van der Waals surface area contributed by atoms with Crippen LogP contribution in [0.15, 0.2) is 48.5 Å². The summed E-state index contributed by atoms with van der Waals surface area (Å²) in [7, 11) is 0. The summed E-state index contributed by atoms with van der Waals surface area (Å²) in [5, 5.41) is 19.8. The first-order valence-corrected chi connectivity index (χ1v) is 11.0. The number of halogens is 1. The summed E-state index contributed by atoms with van der Waals surface area (Å²) in [6.45, 7) is 1.45. The number of para-hydroxylation sites is 1. The Bertz CT molecular complexity index is 1380. The first-order chi connectivity index (χ1) is 15.4. The third-order valence-corrected chi connectivity index (χ3v) is 6.56. The van der Waals surface area contributed by atoms with E-state index in [1.54, 1.807) is 18.2 Å². The highest BCUT2D eigenvalue weighted by atomic mass is 35.5. The molecule has 0 bridgehead atoms. The van der Waals surface area contributed by atoms with Crippen LogP contribution in [-0.2, 0) is 17.6 Å². The maximum atomic E-state index is 11.5. The van der Waals surface area contributed by atoms with Crippen LogP contribution >= 0.6 is 22.9 Å². The van der Waals surface area contributed by atoms with Gasteiger partial charge in [-0.05, 0) is 37.1 Å². The molecule has 0 spiro atoms. The SMILES string of the molecule is CC(=O)Nc1nc2c(s1)-c1c(c(-c3ccc([N+](=O)[O-])cc3)nn1-c1ccccc1Cl)CC2. The summed E-state index contributed by atoms with van der Waals surface area (Å²) < 4.78 is 1.81. The van der Waals surface area contributed by atoms with Crippen molar-refractivity contribution in [1.29, 1.82) is 0 Å². The summed E-state index contributed by atoms with van der Waals surface area (Å²) in [4.78, 5) is 27.7. The number of amides is 1. The second-order valence-corrected chi connectivity index (χ2v) is 8.73. The molecule has 0 fully saturated rings. The van der Waals surface area contributed by atoms with E-state index in [9.17, 15) is 14.9 Å². The molecule has 8 nitrogen and oxygen atoms in total. The monoisotopic (exact) mass is 465 g/mol. The first kappa shape index (κ1) is 20.3. The summed E-state index contributed by atoms with van der Waals surface area (Å²) in [6.07, 6.45) is 1.40. The normalized spacial score (nSPS) is 12.2.